The van der Waals surface area contributed by atoms with Crippen molar-refractivity contribution in [2.45, 2.75) is 27.2 Å². The number of hydrogen-bond acceptors (Lipinski definition) is 4. The van der Waals surface area contributed by atoms with Crippen LogP contribution in [0.4, 0.5) is 11.5 Å². The first-order chi connectivity index (χ1) is 14.6. The van der Waals surface area contributed by atoms with Crippen LogP contribution in [-0.4, -0.2) is 26.8 Å². The summed E-state index contributed by atoms with van der Waals surface area (Å²) in [4.78, 5) is 21.1. The first kappa shape index (κ1) is 19.6. The molecule has 0 saturated carbocycles. The van der Waals surface area contributed by atoms with Crippen LogP contribution in [0.5, 0.6) is 0 Å². The van der Waals surface area contributed by atoms with Crippen molar-refractivity contribution in [3.05, 3.63) is 77.7 Å². The summed E-state index contributed by atoms with van der Waals surface area (Å²) in [6.07, 6.45) is 6.33. The highest BCUT2D eigenvalue weighted by molar-refractivity contribution is 5.95. The van der Waals surface area contributed by atoms with Crippen LogP contribution in [-0.2, 0) is 6.42 Å². The Morgan fingerprint density at radius 3 is 2.63 bits per heavy atom. The Labute approximate surface area is 176 Å². The Balaban J connectivity index is 1.81. The third-order valence-corrected chi connectivity index (χ3v) is 5.17. The SMILES string of the molecule is CCNC(=O)c1ccc(-c2nc3cnccn3c2Nc2c(C)cccc2CC)cc1. The summed E-state index contributed by atoms with van der Waals surface area (Å²) in [5.74, 6) is 0.802. The summed E-state index contributed by atoms with van der Waals surface area (Å²) in [5, 5.41) is 6.46. The van der Waals surface area contributed by atoms with Gasteiger partial charge in [-0.15, -0.1) is 0 Å². The number of imidazole rings is 1. The minimum absolute atomic E-state index is 0.0749. The van der Waals surface area contributed by atoms with Gasteiger partial charge >= 0.3 is 0 Å². The normalized spacial score (nSPS) is 10.9. The number of carbonyl (C=O) groups is 1. The Morgan fingerprint density at radius 2 is 1.90 bits per heavy atom. The van der Waals surface area contributed by atoms with Gasteiger partial charge in [-0.25, -0.2) is 4.98 Å². The van der Waals surface area contributed by atoms with Crippen molar-refractivity contribution in [1.82, 2.24) is 19.7 Å². The van der Waals surface area contributed by atoms with Crippen molar-refractivity contribution in [2.24, 2.45) is 0 Å². The van der Waals surface area contributed by atoms with Gasteiger partial charge in [0, 0.05) is 35.8 Å². The molecule has 152 valence electrons. The highest BCUT2D eigenvalue weighted by atomic mass is 16.1. The summed E-state index contributed by atoms with van der Waals surface area (Å²) in [6.45, 7) is 6.77. The summed E-state index contributed by atoms with van der Waals surface area (Å²) >= 11 is 0. The Kier molecular flexibility index (Phi) is 5.48. The van der Waals surface area contributed by atoms with Gasteiger partial charge in [-0.3, -0.25) is 14.2 Å². The Hall–Kier alpha value is -3.67. The molecule has 6 heteroatoms. The van der Waals surface area contributed by atoms with E-state index in [2.05, 4.69) is 47.7 Å². The second-order valence-electron chi connectivity index (χ2n) is 7.14. The molecular formula is C24H25N5O. The minimum atomic E-state index is -0.0749. The number of aromatic nitrogens is 3. The minimum Gasteiger partial charge on any atom is -0.352 e. The van der Waals surface area contributed by atoms with E-state index < -0.39 is 0 Å². The van der Waals surface area contributed by atoms with E-state index in [1.807, 2.05) is 41.8 Å². The number of para-hydroxylation sites is 1. The molecular weight excluding hydrogens is 374 g/mol. The summed E-state index contributed by atoms with van der Waals surface area (Å²) in [7, 11) is 0. The standard InChI is InChI=1S/C24H25N5O/c1-4-17-8-6-7-16(3)21(17)28-23-22(27-20-15-25-13-14-29(20)23)18-9-11-19(12-10-18)24(30)26-5-2/h6-15,28H,4-5H2,1-3H3,(H,26,30). The molecule has 0 spiro atoms. The molecule has 0 aliphatic heterocycles. The van der Waals surface area contributed by atoms with Crippen molar-refractivity contribution in [3.8, 4) is 11.3 Å². The smallest absolute Gasteiger partial charge is 0.251 e. The van der Waals surface area contributed by atoms with Gasteiger partial charge in [-0.2, -0.15) is 0 Å². The van der Waals surface area contributed by atoms with Crippen molar-refractivity contribution in [3.63, 3.8) is 0 Å². The van der Waals surface area contributed by atoms with Gasteiger partial charge < -0.3 is 10.6 Å². The molecule has 2 aromatic carbocycles. The van der Waals surface area contributed by atoms with Gasteiger partial charge in [0.1, 0.15) is 11.5 Å². The van der Waals surface area contributed by atoms with Crippen LogP contribution in [0, 0.1) is 6.92 Å². The molecule has 4 rings (SSSR count). The molecule has 0 atom stereocenters. The third kappa shape index (κ3) is 3.64. The number of rotatable bonds is 6. The van der Waals surface area contributed by atoms with E-state index in [-0.39, 0.29) is 5.91 Å². The Morgan fingerprint density at radius 1 is 1.10 bits per heavy atom. The lowest BCUT2D eigenvalue weighted by Crippen LogP contribution is -2.22. The molecule has 6 nitrogen and oxygen atoms in total. The van der Waals surface area contributed by atoms with E-state index >= 15 is 0 Å². The van der Waals surface area contributed by atoms with Crippen molar-refractivity contribution in [2.75, 3.05) is 11.9 Å². The monoisotopic (exact) mass is 399 g/mol. The van der Waals surface area contributed by atoms with E-state index in [1.165, 1.54) is 11.1 Å². The molecule has 1 amide bonds. The zero-order chi connectivity index (χ0) is 21.1. The second-order valence-corrected chi connectivity index (χ2v) is 7.14. The highest BCUT2D eigenvalue weighted by Gasteiger charge is 2.17. The quantitative estimate of drug-likeness (QED) is 0.490. The lowest BCUT2D eigenvalue weighted by atomic mass is 10.1. The maximum Gasteiger partial charge on any atom is 0.251 e. The van der Waals surface area contributed by atoms with Gasteiger partial charge in [0.25, 0.3) is 5.91 Å². The molecule has 0 unspecified atom stereocenters. The van der Waals surface area contributed by atoms with Crippen LogP contribution in [0.25, 0.3) is 16.9 Å². The molecule has 0 aliphatic carbocycles. The van der Waals surface area contributed by atoms with Gasteiger partial charge in [0.2, 0.25) is 0 Å². The fraction of sp³-hybridized carbons (Fsp3) is 0.208. The summed E-state index contributed by atoms with van der Waals surface area (Å²) < 4.78 is 2.01. The van der Waals surface area contributed by atoms with Crippen molar-refractivity contribution in [1.29, 1.82) is 0 Å². The predicted octanol–water partition coefficient (Wildman–Crippen LogP) is 4.76. The fourth-order valence-corrected chi connectivity index (χ4v) is 3.59. The number of fused-ring (bicyclic) bond motifs is 1. The summed E-state index contributed by atoms with van der Waals surface area (Å²) in [5.41, 5.74) is 6.66. The number of hydrogen-bond donors (Lipinski definition) is 2. The average molecular weight is 399 g/mol. The lowest BCUT2D eigenvalue weighted by molar-refractivity contribution is 0.0956. The number of carbonyl (C=O) groups excluding carboxylic acids is 1. The van der Waals surface area contributed by atoms with E-state index in [4.69, 9.17) is 4.98 Å². The number of benzene rings is 2. The van der Waals surface area contributed by atoms with Gasteiger partial charge in [-0.05, 0) is 43.5 Å². The number of nitrogens with zero attached hydrogens (tertiary/aromatic N) is 3. The first-order valence-corrected chi connectivity index (χ1v) is 10.2. The van der Waals surface area contributed by atoms with Crippen LogP contribution in [0.15, 0.2) is 61.1 Å². The second kappa shape index (κ2) is 8.37. The average Bonchev–Trinajstić information content (AvgIpc) is 3.14. The largest absolute Gasteiger partial charge is 0.352 e. The first-order valence-electron chi connectivity index (χ1n) is 10.2. The molecule has 0 aliphatic rings. The maximum absolute atomic E-state index is 12.1. The van der Waals surface area contributed by atoms with Gasteiger partial charge in [-0.1, -0.05) is 37.3 Å². The van der Waals surface area contributed by atoms with E-state index in [0.717, 1.165) is 34.8 Å². The number of aryl methyl sites for hydroxylation is 2. The number of anilines is 2. The maximum atomic E-state index is 12.1. The van der Waals surface area contributed by atoms with Crippen molar-refractivity contribution >= 4 is 23.1 Å². The number of nitrogens with one attached hydrogen (secondary N) is 2. The van der Waals surface area contributed by atoms with Gasteiger partial charge in [0.05, 0.1) is 6.20 Å². The predicted molar refractivity (Wildman–Crippen MR) is 120 cm³/mol. The fourth-order valence-electron chi connectivity index (χ4n) is 3.59. The third-order valence-electron chi connectivity index (χ3n) is 5.17. The van der Waals surface area contributed by atoms with Crippen LogP contribution in [0.2, 0.25) is 0 Å². The van der Waals surface area contributed by atoms with E-state index in [1.54, 1.807) is 12.4 Å². The van der Waals surface area contributed by atoms with Crippen LogP contribution in [0.3, 0.4) is 0 Å². The van der Waals surface area contributed by atoms with Crippen LogP contribution in [0.1, 0.15) is 35.3 Å². The van der Waals surface area contributed by atoms with E-state index in [9.17, 15) is 4.79 Å². The highest BCUT2D eigenvalue weighted by Crippen LogP contribution is 2.33. The molecule has 4 aromatic rings. The molecule has 0 radical (unpaired) electrons. The topological polar surface area (TPSA) is 71.3 Å². The number of amides is 1. The summed E-state index contributed by atoms with van der Waals surface area (Å²) in [6, 6.07) is 13.9. The van der Waals surface area contributed by atoms with Crippen LogP contribution < -0.4 is 10.6 Å². The zero-order valence-electron chi connectivity index (χ0n) is 17.4. The van der Waals surface area contributed by atoms with E-state index in [0.29, 0.717) is 12.1 Å². The molecule has 0 bridgehead atoms. The van der Waals surface area contributed by atoms with Crippen LogP contribution >= 0.6 is 0 Å². The van der Waals surface area contributed by atoms with Gasteiger partial charge in [0.15, 0.2) is 5.65 Å². The zero-order valence-corrected chi connectivity index (χ0v) is 17.4. The lowest BCUT2D eigenvalue weighted by Gasteiger charge is -2.15. The molecule has 0 fully saturated rings. The van der Waals surface area contributed by atoms with Crippen molar-refractivity contribution < 1.29 is 4.79 Å². The molecule has 0 saturated heterocycles. The molecule has 30 heavy (non-hydrogen) atoms. The molecule has 2 heterocycles. The Bertz CT molecular complexity index is 1190. The molecule has 2 N–H and O–H groups in total. The molecule has 2 aromatic heterocycles.